The van der Waals surface area contributed by atoms with Gasteiger partial charge in [-0.25, -0.2) is 9.78 Å². The average molecular weight is 461 g/mol. The molecule has 0 aliphatic carbocycles. The van der Waals surface area contributed by atoms with Crippen molar-refractivity contribution >= 4 is 35.1 Å². The van der Waals surface area contributed by atoms with Crippen molar-refractivity contribution in [2.45, 2.75) is 37.3 Å². The summed E-state index contributed by atoms with van der Waals surface area (Å²) < 4.78 is 0. The van der Waals surface area contributed by atoms with Gasteiger partial charge in [-0.1, -0.05) is 42.5 Å². The highest BCUT2D eigenvalue weighted by Gasteiger charge is 2.23. The summed E-state index contributed by atoms with van der Waals surface area (Å²) in [6.45, 7) is 2.67. The minimum atomic E-state index is -0.178. The summed E-state index contributed by atoms with van der Waals surface area (Å²) in [6.07, 6.45) is 3.89. The molecule has 1 aromatic heterocycles. The summed E-state index contributed by atoms with van der Waals surface area (Å²) in [5.41, 5.74) is 3.72. The fraction of sp³-hybridized carbons (Fsp3) is 0.269. The lowest BCUT2D eigenvalue weighted by molar-refractivity contribution is -0.121. The number of aryl methyl sites for hydroxylation is 1. The highest BCUT2D eigenvalue weighted by atomic mass is 32.2. The van der Waals surface area contributed by atoms with Crippen LogP contribution in [0.2, 0.25) is 0 Å². The Bertz CT molecular complexity index is 1090. The predicted molar refractivity (Wildman–Crippen MR) is 134 cm³/mol. The highest BCUT2D eigenvalue weighted by Crippen LogP contribution is 2.32. The van der Waals surface area contributed by atoms with Gasteiger partial charge in [-0.3, -0.25) is 9.69 Å². The van der Waals surface area contributed by atoms with Crippen molar-refractivity contribution < 1.29 is 9.59 Å². The third-order valence-corrected chi connectivity index (χ3v) is 6.50. The Morgan fingerprint density at radius 3 is 2.61 bits per heavy atom. The van der Waals surface area contributed by atoms with Gasteiger partial charge in [0.1, 0.15) is 5.03 Å². The van der Waals surface area contributed by atoms with Gasteiger partial charge in [-0.2, -0.15) is 0 Å². The quantitative estimate of drug-likeness (QED) is 0.526. The average Bonchev–Trinajstić information content (AvgIpc) is 2.84. The van der Waals surface area contributed by atoms with Crippen LogP contribution in [-0.4, -0.2) is 35.3 Å². The predicted octanol–water partition coefficient (Wildman–Crippen LogP) is 4.91. The number of aromatic nitrogens is 1. The molecule has 2 heterocycles. The number of nitrogens with zero attached hydrogens (tertiary/aromatic N) is 2. The van der Waals surface area contributed by atoms with Gasteiger partial charge in [0.25, 0.3) is 0 Å². The van der Waals surface area contributed by atoms with E-state index in [0.29, 0.717) is 18.7 Å². The molecule has 1 aliphatic rings. The van der Waals surface area contributed by atoms with Crippen LogP contribution in [0.5, 0.6) is 0 Å². The molecule has 0 radical (unpaired) electrons. The van der Waals surface area contributed by atoms with Gasteiger partial charge < -0.3 is 10.6 Å². The second-order valence-corrected chi connectivity index (χ2v) is 9.21. The molecule has 2 aromatic carbocycles. The molecule has 170 valence electrons. The number of pyridine rings is 1. The Morgan fingerprint density at radius 2 is 1.82 bits per heavy atom. The fourth-order valence-corrected chi connectivity index (χ4v) is 4.70. The summed E-state index contributed by atoms with van der Waals surface area (Å²) in [5.74, 6) is 0.817. The molecule has 1 aliphatic heterocycles. The molecule has 3 amide bonds. The number of carbonyl (C=O) groups excluding carboxylic acids is 2. The van der Waals surface area contributed by atoms with E-state index in [1.165, 1.54) is 5.56 Å². The van der Waals surface area contributed by atoms with E-state index in [-0.39, 0.29) is 18.0 Å². The SMILES string of the molecule is C[C@@H](CCc1ccccc1)NC(=O)Cc1ccc(NC(=O)N2CCSc3ncccc32)cc1. The number of nitrogens with one attached hydrogen (secondary N) is 2. The Balaban J connectivity index is 1.26. The van der Waals surface area contributed by atoms with E-state index in [9.17, 15) is 9.59 Å². The molecule has 0 bridgehead atoms. The molecule has 0 unspecified atom stereocenters. The normalized spacial score (nSPS) is 13.7. The molecule has 33 heavy (non-hydrogen) atoms. The van der Waals surface area contributed by atoms with Gasteiger partial charge in [0.15, 0.2) is 0 Å². The smallest absolute Gasteiger partial charge is 0.326 e. The number of thioether (sulfide) groups is 1. The van der Waals surface area contributed by atoms with Crippen molar-refractivity contribution in [1.82, 2.24) is 10.3 Å². The van der Waals surface area contributed by atoms with Crippen LogP contribution in [-0.2, 0) is 17.6 Å². The fourth-order valence-electron chi connectivity index (χ4n) is 3.77. The number of amides is 3. The number of benzene rings is 2. The number of urea groups is 1. The van der Waals surface area contributed by atoms with E-state index in [2.05, 4.69) is 27.8 Å². The maximum absolute atomic E-state index is 12.8. The van der Waals surface area contributed by atoms with Gasteiger partial charge in [-0.05, 0) is 55.2 Å². The number of hydrogen-bond donors (Lipinski definition) is 2. The third-order valence-electron chi connectivity index (χ3n) is 5.53. The summed E-state index contributed by atoms with van der Waals surface area (Å²) in [6, 6.07) is 21.4. The first-order valence-corrected chi connectivity index (χ1v) is 12.2. The van der Waals surface area contributed by atoms with E-state index >= 15 is 0 Å². The lowest BCUT2D eigenvalue weighted by atomic mass is 10.1. The van der Waals surface area contributed by atoms with Crippen molar-refractivity contribution in [2.24, 2.45) is 0 Å². The zero-order valence-electron chi connectivity index (χ0n) is 18.7. The van der Waals surface area contributed by atoms with Gasteiger partial charge in [0.2, 0.25) is 5.91 Å². The van der Waals surface area contributed by atoms with Crippen LogP contribution in [0, 0.1) is 0 Å². The van der Waals surface area contributed by atoms with Gasteiger partial charge in [-0.15, -0.1) is 11.8 Å². The first-order valence-electron chi connectivity index (χ1n) is 11.2. The molecule has 0 spiro atoms. The Morgan fingerprint density at radius 1 is 1.03 bits per heavy atom. The minimum absolute atomic E-state index is 0.00210. The summed E-state index contributed by atoms with van der Waals surface area (Å²) in [5, 5.41) is 6.89. The van der Waals surface area contributed by atoms with E-state index in [1.54, 1.807) is 22.9 Å². The molecule has 0 fully saturated rings. The number of hydrogen-bond acceptors (Lipinski definition) is 4. The Hall–Kier alpha value is -3.32. The van der Waals surface area contributed by atoms with E-state index < -0.39 is 0 Å². The van der Waals surface area contributed by atoms with Crippen molar-refractivity contribution in [3.63, 3.8) is 0 Å². The maximum atomic E-state index is 12.8. The zero-order chi connectivity index (χ0) is 23.0. The third kappa shape index (κ3) is 6.35. The van der Waals surface area contributed by atoms with Gasteiger partial charge in [0, 0.05) is 30.2 Å². The molecule has 2 N–H and O–H groups in total. The van der Waals surface area contributed by atoms with Crippen LogP contribution in [0.4, 0.5) is 16.2 Å². The van der Waals surface area contributed by atoms with Gasteiger partial charge >= 0.3 is 6.03 Å². The lowest BCUT2D eigenvalue weighted by Crippen LogP contribution is -2.38. The Kier molecular flexibility index (Phi) is 7.62. The summed E-state index contributed by atoms with van der Waals surface area (Å²) in [4.78, 5) is 31.3. The molecule has 1 atom stereocenters. The van der Waals surface area contributed by atoms with Crippen molar-refractivity contribution in [3.8, 4) is 0 Å². The second-order valence-electron chi connectivity index (χ2n) is 8.12. The van der Waals surface area contributed by atoms with Crippen LogP contribution >= 0.6 is 11.8 Å². The largest absolute Gasteiger partial charge is 0.353 e. The van der Waals surface area contributed by atoms with Gasteiger partial charge in [0.05, 0.1) is 12.1 Å². The van der Waals surface area contributed by atoms with E-state index in [4.69, 9.17) is 0 Å². The molecular formula is C26H28N4O2S. The maximum Gasteiger partial charge on any atom is 0.326 e. The first kappa shape index (κ1) is 22.9. The molecule has 0 saturated carbocycles. The monoisotopic (exact) mass is 460 g/mol. The van der Waals surface area contributed by atoms with Crippen LogP contribution in [0.3, 0.4) is 0 Å². The lowest BCUT2D eigenvalue weighted by Gasteiger charge is -2.28. The molecule has 7 heteroatoms. The molecule has 6 nitrogen and oxygen atoms in total. The standard InChI is InChI=1S/C26H28N4O2S/c1-19(9-10-20-6-3-2-4-7-20)28-24(31)18-21-11-13-22(14-12-21)29-26(32)30-16-17-33-25-23(30)8-5-15-27-25/h2-8,11-15,19H,9-10,16-18H2,1H3,(H,28,31)(H,29,32)/t19-/m0/s1. The molecule has 4 rings (SSSR count). The number of fused-ring (bicyclic) bond motifs is 1. The number of carbonyl (C=O) groups is 2. The number of rotatable bonds is 7. The van der Waals surface area contributed by atoms with Crippen molar-refractivity contribution in [3.05, 3.63) is 84.1 Å². The van der Waals surface area contributed by atoms with Crippen molar-refractivity contribution in [1.29, 1.82) is 0 Å². The van der Waals surface area contributed by atoms with E-state index in [1.807, 2.05) is 61.5 Å². The first-order chi connectivity index (χ1) is 16.1. The molecule has 3 aromatic rings. The van der Waals surface area contributed by atoms with E-state index in [0.717, 1.165) is 34.9 Å². The van der Waals surface area contributed by atoms with Crippen LogP contribution in [0.1, 0.15) is 24.5 Å². The topological polar surface area (TPSA) is 74.3 Å². The highest BCUT2D eigenvalue weighted by molar-refractivity contribution is 7.99. The van der Waals surface area contributed by atoms with Crippen LogP contribution in [0.15, 0.2) is 78.0 Å². The minimum Gasteiger partial charge on any atom is -0.353 e. The summed E-state index contributed by atoms with van der Waals surface area (Å²) in [7, 11) is 0. The Labute approximate surface area is 198 Å². The number of anilines is 2. The summed E-state index contributed by atoms with van der Waals surface area (Å²) >= 11 is 1.66. The molecule has 0 saturated heterocycles. The van der Waals surface area contributed by atoms with Crippen molar-refractivity contribution in [2.75, 3.05) is 22.5 Å². The zero-order valence-corrected chi connectivity index (χ0v) is 19.5. The van der Waals surface area contributed by atoms with Crippen LogP contribution in [0.25, 0.3) is 0 Å². The second kappa shape index (κ2) is 11.0. The van der Waals surface area contributed by atoms with Crippen LogP contribution < -0.4 is 15.5 Å². The molecular weight excluding hydrogens is 432 g/mol.